The number of halogens is 3. The Hall–Kier alpha value is -3.76. The van der Waals surface area contributed by atoms with E-state index in [1.165, 1.54) is 18.3 Å². The minimum Gasteiger partial charge on any atom is -0.325 e. The van der Waals surface area contributed by atoms with E-state index in [0.717, 1.165) is 18.2 Å². The summed E-state index contributed by atoms with van der Waals surface area (Å²) in [5.41, 5.74) is -0.138. The molecule has 1 amide bonds. The van der Waals surface area contributed by atoms with Gasteiger partial charge in [0.1, 0.15) is 10.9 Å². The smallest absolute Gasteiger partial charge is 0.325 e. The Labute approximate surface area is 199 Å². The molecule has 10 heteroatoms. The Morgan fingerprint density at radius 2 is 1.63 bits per heavy atom. The van der Waals surface area contributed by atoms with E-state index in [1.54, 1.807) is 54.6 Å². The minimum absolute atomic E-state index is 0.0247. The van der Waals surface area contributed by atoms with Crippen molar-refractivity contribution in [2.45, 2.75) is 23.5 Å². The summed E-state index contributed by atoms with van der Waals surface area (Å²) in [5, 5.41) is 3.00. The lowest BCUT2D eigenvalue weighted by atomic mass is 10.1. The number of rotatable bonds is 7. The molecular formula is C25H20F3N3O3S. The van der Waals surface area contributed by atoms with Crippen LogP contribution in [0.15, 0.2) is 96.0 Å². The fourth-order valence-electron chi connectivity index (χ4n) is 3.58. The lowest BCUT2D eigenvalue weighted by molar-refractivity contribution is -0.137. The van der Waals surface area contributed by atoms with Crippen LogP contribution in [-0.2, 0) is 27.4 Å². The normalized spacial score (nSPS) is 12.9. The lowest BCUT2D eigenvalue weighted by Gasteiger charge is -2.20. The number of carbonyl (C=O) groups excluding carboxylic acids is 1. The summed E-state index contributed by atoms with van der Waals surface area (Å²) >= 11 is 0. The maximum Gasteiger partial charge on any atom is 0.416 e. The van der Waals surface area contributed by atoms with Crippen molar-refractivity contribution in [1.29, 1.82) is 0 Å². The molecule has 0 aliphatic rings. The summed E-state index contributed by atoms with van der Waals surface area (Å²) in [6.07, 6.45) is -3.15. The van der Waals surface area contributed by atoms with E-state index in [0.29, 0.717) is 10.9 Å². The molecule has 0 saturated heterocycles. The van der Waals surface area contributed by atoms with Crippen molar-refractivity contribution >= 4 is 32.5 Å². The van der Waals surface area contributed by atoms with Crippen molar-refractivity contribution in [3.05, 3.63) is 102 Å². The van der Waals surface area contributed by atoms with Crippen LogP contribution in [-0.4, -0.2) is 25.4 Å². The zero-order valence-electron chi connectivity index (χ0n) is 18.2. The number of pyridine rings is 1. The maximum atomic E-state index is 13.3. The number of sulfonamides is 1. The number of nitrogens with zero attached hydrogens (tertiary/aromatic N) is 1. The van der Waals surface area contributed by atoms with Gasteiger partial charge in [0, 0.05) is 17.3 Å². The third kappa shape index (κ3) is 5.84. The first-order valence-corrected chi connectivity index (χ1v) is 12.0. The monoisotopic (exact) mass is 499 g/mol. The first kappa shape index (κ1) is 24.4. The molecule has 0 fully saturated rings. The summed E-state index contributed by atoms with van der Waals surface area (Å²) in [6.45, 7) is 0. The maximum absolute atomic E-state index is 13.3. The highest BCUT2D eigenvalue weighted by molar-refractivity contribution is 7.89. The zero-order chi connectivity index (χ0) is 25.1. The van der Waals surface area contributed by atoms with Gasteiger partial charge < -0.3 is 5.32 Å². The van der Waals surface area contributed by atoms with Gasteiger partial charge in [0.2, 0.25) is 15.9 Å². The van der Waals surface area contributed by atoms with Crippen LogP contribution in [0.25, 0.3) is 10.9 Å². The number of carbonyl (C=O) groups is 1. The average molecular weight is 500 g/mol. The van der Waals surface area contributed by atoms with Crippen molar-refractivity contribution in [2.75, 3.05) is 5.32 Å². The van der Waals surface area contributed by atoms with Gasteiger partial charge >= 0.3 is 6.18 Å². The van der Waals surface area contributed by atoms with Gasteiger partial charge in [-0.2, -0.15) is 17.9 Å². The SMILES string of the molecule is O=C(Nc1cccc(C(F)(F)F)c1)C(Cc1ccccc1)NS(=O)(=O)c1cccc2cccnc12. The zero-order valence-corrected chi connectivity index (χ0v) is 19.0. The van der Waals surface area contributed by atoms with E-state index in [4.69, 9.17) is 0 Å². The number of hydrogen-bond donors (Lipinski definition) is 2. The van der Waals surface area contributed by atoms with Gasteiger partial charge in [-0.25, -0.2) is 8.42 Å². The van der Waals surface area contributed by atoms with E-state index >= 15 is 0 Å². The molecule has 1 aromatic heterocycles. The van der Waals surface area contributed by atoms with Crippen LogP contribution in [0.2, 0.25) is 0 Å². The van der Waals surface area contributed by atoms with Gasteiger partial charge in [-0.15, -0.1) is 0 Å². The lowest BCUT2D eigenvalue weighted by Crippen LogP contribution is -2.45. The Morgan fingerprint density at radius 1 is 0.914 bits per heavy atom. The predicted molar refractivity (Wildman–Crippen MR) is 126 cm³/mol. The predicted octanol–water partition coefficient (Wildman–Crippen LogP) is 4.78. The number of benzene rings is 3. The molecule has 3 aromatic carbocycles. The Balaban J connectivity index is 1.66. The molecule has 4 aromatic rings. The van der Waals surface area contributed by atoms with Crippen molar-refractivity contribution < 1.29 is 26.4 Å². The van der Waals surface area contributed by atoms with Crippen LogP contribution in [0.4, 0.5) is 18.9 Å². The molecule has 2 N–H and O–H groups in total. The number of alkyl halides is 3. The van der Waals surface area contributed by atoms with Crippen LogP contribution in [0, 0.1) is 0 Å². The van der Waals surface area contributed by atoms with Gasteiger partial charge in [-0.05, 0) is 42.3 Å². The molecule has 0 saturated carbocycles. The largest absolute Gasteiger partial charge is 0.416 e. The van der Waals surface area contributed by atoms with Gasteiger partial charge in [0.25, 0.3) is 0 Å². The van der Waals surface area contributed by atoms with Crippen LogP contribution in [0.5, 0.6) is 0 Å². The number of anilines is 1. The van der Waals surface area contributed by atoms with E-state index in [-0.39, 0.29) is 22.5 Å². The second-order valence-corrected chi connectivity index (χ2v) is 9.45. The first-order valence-electron chi connectivity index (χ1n) is 10.5. The molecular weight excluding hydrogens is 479 g/mol. The molecule has 1 atom stereocenters. The third-order valence-corrected chi connectivity index (χ3v) is 6.74. The summed E-state index contributed by atoms with van der Waals surface area (Å²) in [7, 11) is -4.23. The van der Waals surface area contributed by atoms with Crippen LogP contribution in [0.3, 0.4) is 0 Å². The third-order valence-electron chi connectivity index (χ3n) is 5.24. The number of amides is 1. The number of fused-ring (bicyclic) bond motifs is 1. The molecule has 0 radical (unpaired) electrons. The topological polar surface area (TPSA) is 88.2 Å². The highest BCUT2D eigenvalue weighted by Crippen LogP contribution is 2.30. The number of nitrogens with one attached hydrogen (secondary N) is 2. The van der Waals surface area contributed by atoms with E-state index in [9.17, 15) is 26.4 Å². The molecule has 1 heterocycles. The summed E-state index contributed by atoms with van der Waals surface area (Å²) in [5.74, 6) is -0.801. The van der Waals surface area contributed by atoms with Crippen LogP contribution >= 0.6 is 0 Å². The summed E-state index contributed by atoms with van der Waals surface area (Å²) < 4.78 is 68.3. The molecule has 1 unspecified atom stereocenters. The molecule has 180 valence electrons. The highest BCUT2D eigenvalue weighted by atomic mass is 32.2. The van der Waals surface area contributed by atoms with Crippen molar-refractivity contribution in [1.82, 2.24) is 9.71 Å². The van der Waals surface area contributed by atoms with E-state index < -0.39 is 33.7 Å². The van der Waals surface area contributed by atoms with Crippen molar-refractivity contribution in [3.8, 4) is 0 Å². The fourth-order valence-corrected chi connectivity index (χ4v) is 4.96. The highest BCUT2D eigenvalue weighted by Gasteiger charge is 2.31. The summed E-state index contributed by atoms with van der Waals surface area (Å²) in [4.78, 5) is 17.2. The summed E-state index contributed by atoms with van der Waals surface area (Å²) in [6, 6.07) is 19.6. The Morgan fingerprint density at radius 3 is 2.37 bits per heavy atom. The van der Waals surface area contributed by atoms with Gasteiger partial charge in [0.05, 0.1) is 11.1 Å². The number of para-hydroxylation sites is 1. The molecule has 35 heavy (non-hydrogen) atoms. The van der Waals surface area contributed by atoms with Gasteiger partial charge in [-0.1, -0.05) is 54.6 Å². The van der Waals surface area contributed by atoms with Crippen molar-refractivity contribution in [3.63, 3.8) is 0 Å². The Bertz CT molecular complexity index is 1450. The second-order valence-electron chi connectivity index (χ2n) is 7.76. The van der Waals surface area contributed by atoms with Crippen LogP contribution < -0.4 is 10.0 Å². The molecule has 0 aliphatic heterocycles. The molecule has 0 aliphatic carbocycles. The van der Waals surface area contributed by atoms with Gasteiger partial charge in [-0.3, -0.25) is 9.78 Å². The fraction of sp³-hybridized carbons (Fsp3) is 0.120. The quantitative estimate of drug-likeness (QED) is 0.383. The standard InChI is InChI=1S/C25H20F3N3O3S/c26-25(27,28)19-11-5-12-20(16-19)30-24(32)21(15-17-7-2-1-3-8-17)31-35(33,34)22-13-4-9-18-10-6-14-29-23(18)22/h1-14,16,21,31H,15H2,(H,30,32). The molecule has 0 spiro atoms. The van der Waals surface area contributed by atoms with Gasteiger partial charge in [0.15, 0.2) is 0 Å². The Kier molecular flexibility index (Phi) is 6.86. The van der Waals surface area contributed by atoms with Crippen LogP contribution in [0.1, 0.15) is 11.1 Å². The second kappa shape index (κ2) is 9.85. The number of aromatic nitrogens is 1. The first-order chi connectivity index (χ1) is 16.6. The molecule has 0 bridgehead atoms. The van der Waals surface area contributed by atoms with E-state index in [1.807, 2.05) is 0 Å². The number of hydrogen-bond acceptors (Lipinski definition) is 4. The van der Waals surface area contributed by atoms with E-state index in [2.05, 4.69) is 15.0 Å². The molecule has 6 nitrogen and oxygen atoms in total. The minimum atomic E-state index is -4.59. The van der Waals surface area contributed by atoms with Crippen molar-refractivity contribution in [2.24, 2.45) is 0 Å². The molecule has 4 rings (SSSR count). The average Bonchev–Trinajstić information content (AvgIpc) is 2.83.